The van der Waals surface area contributed by atoms with Crippen molar-refractivity contribution < 1.29 is 0 Å². The second-order valence-corrected chi connectivity index (χ2v) is 5.78. The number of aromatic nitrogens is 3. The Labute approximate surface area is 110 Å². The number of aryl methyl sites for hydroxylation is 1. The van der Waals surface area contributed by atoms with Gasteiger partial charge in [0.2, 0.25) is 0 Å². The Morgan fingerprint density at radius 1 is 1.44 bits per heavy atom. The number of nitrogens with zero attached hydrogens (tertiary/aromatic N) is 3. The molecule has 1 saturated carbocycles. The molecule has 0 radical (unpaired) electrons. The fraction of sp³-hybridized carbons (Fsp3) is 0.857. The lowest BCUT2D eigenvalue weighted by atomic mass is 9.79. The van der Waals surface area contributed by atoms with Crippen molar-refractivity contribution in [3.05, 3.63) is 12.2 Å². The second kappa shape index (κ2) is 6.32. The van der Waals surface area contributed by atoms with Gasteiger partial charge in [-0.05, 0) is 31.6 Å². The number of hydrogen-bond donors (Lipinski definition) is 1. The van der Waals surface area contributed by atoms with E-state index in [0.29, 0.717) is 6.04 Å². The van der Waals surface area contributed by atoms with Gasteiger partial charge >= 0.3 is 0 Å². The van der Waals surface area contributed by atoms with Crippen LogP contribution in [-0.2, 0) is 13.1 Å². The minimum Gasteiger partial charge on any atom is -0.317 e. The lowest BCUT2D eigenvalue weighted by molar-refractivity contribution is 0.229. The summed E-state index contributed by atoms with van der Waals surface area (Å²) in [4.78, 5) is 0. The van der Waals surface area contributed by atoms with Crippen LogP contribution in [0.15, 0.2) is 6.33 Å². The summed E-state index contributed by atoms with van der Waals surface area (Å²) < 4.78 is 2.11. The van der Waals surface area contributed by atoms with Crippen molar-refractivity contribution in [3.63, 3.8) is 0 Å². The first-order valence-corrected chi connectivity index (χ1v) is 7.30. The molecule has 18 heavy (non-hydrogen) atoms. The van der Waals surface area contributed by atoms with Gasteiger partial charge in [-0.3, -0.25) is 0 Å². The highest BCUT2D eigenvalue weighted by Gasteiger charge is 2.23. The molecule has 4 heteroatoms. The summed E-state index contributed by atoms with van der Waals surface area (Å²) in [5.41, 5.74) is 0. The molecule has 0 saturated heterocycles. The molecule has 1 fully saturated rings. The van der Waals surface area contributed by atoms with E-state index in [4.69, 9.17) is 0 Å². The van der Waals surface area contributed by atoms with Crippen molar-refractivity contribution in [2.75, 3.05) is 0 Å². The Morgan fingerprint density at radius 2 is 2.28 bits per heavy atom. The van der Waals surface area contributed by atoms with Crippen molar-refractivity contribution in [3.8, 4) is 0 Å². The Kier molecular flexibility index (Phi) is 4.75. The lowest BCUT2D eigenvalue weighted by Gasteiger charge is -2.32. The zero-order valence-electron chi connectivity index (χ0n) is 11.9. The first-order valence-electron chi connectivity index (χ1n) is 7.30. The van der Waals surface area contributed by atoms with Crippen molar-refractivity contribution in [2.45, 2.75) is 65.6 Å². The van der Waals surface area contributed by atoms with Gasteiger partial charge in [0, 0.05) is 12.6 Å². The average Bonchev–Trinajstić information content (AvgIpc) is 2.84. The van der Waals surface area contributed by atoms with Crippen LogP contribution in [0.3, 0.4) is 0 Å². The summed E-state index contributed by atoms with van der Waals surface area (Å²) in [6, 6.07) is 0.660. The largest absolute Gasteiger partial charge is 0.317 e. The van der Waals surface area contributed by atoms with Gasteiger partial charge in [0.05, 0.1) is 6.54 Å². The number of rotatable bonds is 5. The topological polar surface area (TPSA) is 42.7 Å². The minimum absolute atomic E-state index is 0.660. The summed E-state index contributed by atoms with van der Waals surface area (Å²) >= 11 is 0. The summed E-state index contributed by atoms with van der Waals surface area (Å²) in [7, 11) is 0. The molecule has 1 aromatic rings. The SMILES string of the molecule is CCn1cnnc1CNC1CCCC(C(C)C)C1. The molecule has 0 spiro atoms. The Bertz CT molecular complexity index is 358. The molecule has 1 heterocycles. The smallest absolute Gasteiger partial charge is 0.146 e. The molecular weight excluding hydrogens is 224 g/mol. The van der Waals surface area contributed by atoms with E-state index in [1.807, 2.05) is 6.33 Å². The molecule has 0 aliphatic heterocycles. The van der Waals surface area contributed by atoms with Gasteiger partial charge in [0.25, 0.3) is 0 Å². The van der Waals surface area contributed by atoms with Crippen molar-refractivity contribution in [2.24, 2.45) is 11.8 Å². The van der Waals surface area contributed by atoms with Crippen molar-refractivity contribution in [1.82, 2.24) is 20.1 Å². The highest BCUT2D eigenvalue weighted by atomic mass is 15.3. The zero-order valence-corrected chi connectivity index (χ0v) is 11.9. The summed E-state index contributed by atoms with van der Waals surface area (Å²) in [5, 5.41) is 11.8. The van der Waals surface area contributed by atoms with Gasteiger partial charge in [0.1, 0.15) is 12.2 Å². The maximum Gasteiger partial charge on any atom is 0.146 e. The van der Waals surface area contributed by atoms with Crippen LogP contribution in [0.1, 0.15) is 52.3 Å². The average molecular weight is 250 g/mol. The molecule has 0 bridgehead atoms. The van der Waals surface area contributed by atoms with Crippen LogP contribution in [-0.4, -0.2) is 20.8 Å². The van der Waals surface area contributed by atoms with Gasteiger partial charge in [0.15, 0.2) is 0 Å². The Hall–Kier alpha value is -0.900. The van der Waals surface area contributed by atoms with Gasteiger partial charge in [-0.25, -0.2) is 0 Å². The highest BCUT2D eigenvalue weighted by Crippen LogP contribution is 2.29. The lowest BCUT2D eigenvalue weighted by Crippen LogP contribution is -2.35. The van der Waals surface area contributed by atoms with E-state index in [-0.39, 0.29) is 0 Å². The molecule has 0 amide bonds. The van der Waals surface area contributed by atoms with Crippen LogP contribution < -0.4 is 5.32 Å². The molecule has 1 aliphatic rings. The van der Waals surface area contributed by atoms with E-state index >= 15 is 0 Å². The molecule has 1 N–H and O–H groups in total. The van der Waals surface area contributed by atoms with E-state index in [2.05, 4.69) is 40.9 Å². The van der Waals surface area contributed by atoms with Crippen LogP contribution in [0, 0.1) is 11.8 Å². The summed E-state index contributed by atoms with van der Waals surface area (Å²) in [6.45, 7) is 8.62. The molecule has 2 atom stereocenters. The van der Waals surface area contributed by atoms with Gasteiger partial charge < -0.3 is 9.88 Å². The predicted molar refractivity (Wildman–Crippen MR) is 73.1 cm³/mol. The van der Waals surface area contributed by atoms with E-state index in [1.54, 1.807) is 0 Å². The van der Waals surface area contributed by atoms with E-state index in [0.717, 1.165) is 30.7 Å². The second-order valence-electron chi connectivity index (χ2n) is 5.78. The third kappa shape index (κ3) is 3.31. The van der Waals surface area contributed by atoms with Crippen LogP contribution in [0.4, 0.5) is 0 Å². The van der Waals surface area contributed by atoms with Gasteiger partial charge in [-0.15, -0.1) is 10.2 Å². The van der Waals surface area contributed by atoms with E-state index < -0.39 is 0 Å². The van der Waals surface area contributed by atoms with Crippen LogP contribution in [0.25, 0.3) is 0 Å². The van der Waals surface area contributed by atoms with Crippen LogP contribution in [0.2, 0.25) is 0 Å². The molecule has 1 aromatic heterocycles. The molecule has 102 valence electrons. The number of nitrogens with one attached hydrogen (secondary N) is 1. The summed E-state index contributed by atoms with van der Waals surface area (Å²) in [5.74, 6) is 2.76. The standard InChI is InChI=1S/C14H26N4/c1-4-18-10-16-17-14(18)9-15-13-7-5-6-12(8-13)11(2)3/h10-13,15H,4-9H2,1-3H3. The van der Waals surface area contributed by atoms with Crippen LogP contribution >= 0.6 is 0 Å². The third-order valence-electron chi connectivity index (χ3n) is 4.24. The molecule has 1 aliphatic carbocycles. The molecule has 0 aromatic carbocycles. The molecule has 4 nitrogen and oxygen atoms in total. The van der Waals surface area contributed by atoms with Crippen LogP contribution in [0.5, 0.6) is 0 Å². The van der Waals surface area contributed by atoms with E-state index in [1.165, 1.54) is 25.7 Å². The number of hydrogen-bond acceptors (Lipinski definition) is 3. The highest BCUT2D eigenvalue weighted by molar-refractivity contribution is 4.87. The quantitative estimate of drug-likeness (QED) is 0.873. The normalized spacial score (nSPS) is 24.7. The molecule has 2 rings (SSSR count). The monoisotopic (exact) mass is 250 g/mol. The van der Waals surface area contributed by atoms with Crippen molar-refractivity contribution in [1.29, 1.82) is 0 Å². The first kappa shape index (κ1) is 13.5. The van der Waals surface area contributed by atoms with E-state index in [9.17, 15) is 0 Å². The summed E-state index contributed by atoms with van der Waals surface area (Å²) in [6.07, 6.45) is 7.21. The zero-order chi connectivity index (χ0) is 13.0. The molecular formula is C14H26N4. The predicted octanol–water partition coefficient (Wildman–Crippen LogP) is 2.60. The fourth-order valence-corrected chi connectivity index (χ4v) is 2.93. The Balaban J connectivity index is 1.83. The third-order valence-corrected chi connectivity index (χ3v) is 4.24. The van der Waals surface area contributed by atoms with Crippen molar-refractivity contribution >= 4 is 0 Å². The minimum atomic E-state index is 0.660. The van der Waals surface area contributed by atoms with Gasteiger partial charge in [-0.1, -0.05) is 26.7 Å². The first-order chi connectivity index (χ1) is 8.70. The van der Waals surface area contributed by atoms with Gasteiger partial charge in [-0.2, -0.15) is 0 Å². The Morgan fingerprint density at radius 3 is 3.00 bits per heavy atom. The molecule has 2 unspecified atom stereocenters. The maximum atomic E-state index is 4.18. The maximum absolute atomic E-state index is 4.18. The fourth-order valence-electron chi connectivity index (χ4n) is 2.93.